The van der Waals surface area contributed by atoms with Crippen molar-refractivity contribution in [1.82, 2.24) is 0 Å². The van der Waals surface area contributed by atoms with Crippen LogP contribution in [0.3, 0.4) is 0 Å². The van der Waals surface area contributed by atoms with Crippen LogP contribution in [0.1, 0.15) is 5.56 Å². The van der Waals surface area contributed by atoms with Gasteiger partial charge in [-0.05, 0) is 29.8 Å². The molecule has 0 aliphatic rings. The van der Waals surface area contributed by atoms with Crippen molar-refractivity contribution in [2.24, 2.45) is 0 Å². The minimum Gasteiger partial charge on any atom is -0.497 e. The normalized spacial score (nSPS) is 11.4. The molecule has 0 unspecified atom stereocenters. The highest BCUT2D eigenvalue weighted by Crippen LogP contribution is 2.29. The fraction of sp³-hybridized carbons (Fsp3) is 0.143. The lowest BCUT2D eigenvalue weighted by atomic mass is 10.2. The van der Waals surface area contributed by atoms with Gasteiger partial charge in [0.05, 0.1) is 23.4 Å². The molecule has 2 aromatic rings. The largest absolute Gasteiger partial charge is 0.497 e. The van der Waals surface area contributed by atoms with Crippen LogP contribution >= 0.6 is 23.2 Å². The average Bonchev–Trinajstić information content (AvgIpc) is 2.42. The molecular weight excluding hydrogens is 333 g/mol. The maximum atomic E-state index is 12.5. The number of benzene rings is 2. The second kappa shape index (κ2) is 6.13. The van der Waals surface area contributed by atoms with Gasteiger partial charge in [-0.25, -0.2) is 8.42 Å². The lowest BCUT2D eigenvalue weighted by Crippen LogP contribution is -2.08. The first-order chi connectivity index (χ1) is 9.83. The van der Waals surface area contributed by atoms with Crippen molar-refractivity contribution < 1.29 is 13.2 Å². The number of ether oxygens (including phenoxy) is 1. The molecule has 7 heteroatoms. The molecule has 21 heavy (non-hydrogen) atoms. The van der Waals surface area contributed by atoms with Gasteiger partial charge in [-0.3, -0.25) is 0 Å². The molecular formula is C14H13Cl2NO3S. The molecule has 0 amide bonds. The molecule has 2 aromatic carbocycles. The maximum Gasteiger partial charge on any atom is 0.184 e. The van der Waals surface area contributed by atoms with Crippen LogP contribution in [-0.4, -0.2) is 15.5 Å². The molecule has 0 spiro atoms. The fourth-order valence-electron chi connectivity index (χ4n) is 1.83. The number of methoxy groups -OCH3 is 1. The van der Waals surface area contributed by atoms with Crippen LogP contribution in [0.2, 0.25) is 10.0 Å². The van der Waals surface area contributed by atoms with E-state index in [1.807, 2.05) is 0 Å². The van der Waals surface area contributed by atoms with Gasteiger partial charge in [0.1, 0.15) is 5.75 Å². The highest BCUT2D eigenvalue weighted by molar-refractivity contribution is 7.90. The van der Waals surface area contributed by atoms with E-state index in [-0.39, 0.29) is 16.3 Å². The highest BCUT2D eigenvalue weighted by Gasteiger charge is 2.20. The molecule has 0 heterocycles. The van der Waals surface area contributed by atoms with Crippen LogP contribution < -0.4 is 10.5 Å². The summed E-state index contributed by atoms with van der Waals surface area (Å²) >= 11 is 11.8. The lowest BCUT2D eigenvalue weighted by molar-refractivity contribution is 0.413. The predicted octanol–water partition coefficient (Wildman–Crippen LogP) is 3.56. The van der Waals surface area contributed by atoms with Crippen LogP contribution in [0, 0.1) is 0 Å². The number of sulfone groups is 1. The average molecular weight is 346 g/mol. The van der Waals surface area contributed by atoms with Gasteiger partial charge in [0.2, 0.25) is 0 Å². The summed E-state index contributed by atoms with van der Waals surface area (Å²) in [6.45, 7) is 0. The van der Waals surface area contributed by atoms with Crippen molar-refractivity contribution in [3.63, 3.8) is 0 Å². The van der Waals surface area contributed by atoms with E-state index in [4.69, 9.17) is 33.7 Å². The predicted molar refractivity (Wildman–Crippen MR) is 84.8 cm³/mol. The number of anilines is 1. The van der Waals surface area contributed by atoms with Crippen molar-refractivity contribution in [2.75, 3.05) is 12.8 Å². The van der Waals surface area contributed by atoms with Crippen molar-refractivity contribution in [3.8, 4) is 5.75 Å². The van der Waals surface area contributed by atoms with Gasteiger partial charge in [-0.2, -0.15) is 0 Å². The zero-order valence-electron chi connectivity index (χ0n) is 11.1. The van der Waals surface area contributed by atoms with Gasteiger partial charge in [0, 0.05) is 16.1 Å². The van der Waals surface area contributed by atoms with Gasteiger partial charge in [0.25, 0.3) is 0 Å². The lowest BCUT2D eigenvalue weighted by Gasteiger charge is -2.10. The molecule has 0 saturated carbocycles. The maximum absolute atomic E-state index is 12.5. The summed E-state index contributed by atoms with van der Waals surface area (Å²) in [5, 5.41) is 0.745. The molecule has 2 N–H and O–H groups in total. The molecule has 0 atom stereocenters. The highest BCUT2D eigenvalue weighted by atomic mass is 35.5. The van der Waals surface area contributed by atoms with Crippen LogP contribution in [0.5, 0.6) is 5.75 Å². The van der Waals surface area contributed by atoms with Crippen molar-refractivity contribution >= 4 is 38.7 Å². The van der Waals surface area contributed by atoms with Crippen LogP contribution in [0.4, 0.5) is 5.69 Å². The van der Waals surface area contributed by atoms with Gasteiger partial charge < -0.3 is 10.5 Å². The Morgan fingerprint density at radius 2 is 1.86 bits per heavy atom. The fourth-order valence-corrected chi connectivity index (χ4v) is 3.93. The first-order valence-corrected chi connectivity index (χ1v) is 8.34. The second-order valence-electron chi connectivity index (χ2n) is 4.40. The Morgan fingerprint density at radius 3 is 2.48 bits per heavy atom. The molecule has 0 bridgehead atoms. The minimum absolute atomic E-state index is 0.0212. The zero-order chi connectivity index (χ0) is 15.6. The molecule has 2 rings (SSSR count). The van der Waals surface area contributed by atoms with Crippen LogP contribution in [0.25, 0.3) is 0 Å². The first-order valence-electron chi connectivity index (χ1n) is 5.93. The van der Waals surface area contributed by atoms with E-state index in [0.717, 1.165) is 0 Å². The number of halogens is 2. The van der Waals surface area contributed by atoms with Crippen molar-refractivity contribution in [2.45, 2.75) is 10.6 Å². The Morgan fingerprint density at radius 1 is 1.14 bits per heavy atom. The molecule has 112 valence electrons. The minimum atomic E-state index is -3.64. The van der Waals surface area contributed by atoms with Crippen molar-refractivity contribution in [1.29, 1.82) is 0 Å². The number of hydrogen-bond donors (Lipinski definition) is 1. The summed E-state index contributed by atoms with van der Waals surface area (Å²) in [7, 11) is -2.19. The quantitative estimate of drug-likeness (QED) is 0.860. The summed E-state index contributed by atoms with van der Waals surface area (Å²) in [5.41, 5.74) is 6.39. The SMILES string of the molecule is COc1ccc(N)c(S(=O)(=O)Cc2ccc(Cl)cc2Cl)c1. The summed E-state index contributed by atoms with van der Waals surface area (Å²) < 4.78 is 30.0. The van der Waals surface area contributed by atoms with E-state index in [1.54, 1.807) is 18.2 Å². The smallest absolute Gasteiger partial charge is 0.184 e. The zero-order valence-corrected chi connectivity index (χ0v) is 13.5. The molecule has 0 radical (unpaired) electrons. The Balaban J connectivity index is 2.43. The number of nitrogen functional groups attached to an aromatic ring is 1. The standard InChI is InChI=1S/C14H13Cl2NO3S/c1-20-11-4-5-13(17)14(7-11)21(18,19)8-9-2-3-10(15)6-12(9)16/h2-7H,8,17H2,1H3. The van der Waals surface area contributed by atoms with E-state index >= 15 is 0 Å². The van der Waals surface area contributed by atoms with Gasteiger partial charge in [-0.15, -0.1) is 0 Å². The molecule has 4 nitrogen and oxygen atoms in total. The van der Waals surface area contributed by atoms with E-state index in [1.165, 1.54) is 25.3 Å². The monoisotopic (exact) mass is 345 g/mol. The molecule has 0 aromatic heterocycles. The number of nitrogens with two attached hydrogens (primary N) is 1. The molecule has 0 fully saturated rings. The molecule has 0 saturated heterocycles. The van der Waals surface area contributed by atoms with Crippen molar-refractivity contribution in [3.05, 3.63) is 52.0 Å². The summed E-state index contributed by atoms with van der Waals surface area (Å²) in [6.07, 6.45) is 0. The topological polar surface area (TPSA) is 69.4 Å². The van der Waals surface area contributed by atoms with E-state index in [0.29, 0.717) is 21.4 Å². The van der Waals surface area contributed by atoms with E-state index in [2.05, 4.69) is 0 Å². The number of hydrogen-bond acceptors (Lipinski definition) is 4. The molecule has 0 aliphatic carbocycles. The van der Waals surface area contributed by atoms with Crippen LogP contribution in [0.15, 0.2) is 41.3 Å². The van der Waals surface area contributed by atoms with Gasteiger partial charge >= 0.3 is 0 Å². The summed E-state index contributed by atoms with van der Waals surface area (Å²) in [5.74, 6) is 0.158. The van der Waals surface area contributed by atoms with Gasteiger partial charge in [-0.1, -0.05) is 29.3 Å². The van der Waals surface area contributed by atoms with Gasteiger partial charge in [0.15, 0.2) is 9.84 Å². The third kappa shape index (κ3) is 3.61. The van der Waals surface area contributed by atoms with Crippen LogP contribution in [-0.2, 0) is 15.6 Å². The summed E-state index contributed by atoms with van der Waals surface area (Å²) in [6, 6.07) is 9.17. The Hall–Kier alpha value is -1.43. The first kappa shape index (κ1) is 15.9. The Labute approximate surface area is 133 Å². The Kier molecular flexibility index (Phi) is 4.66. The third-order valence-corrected chi connectivity index (χ3v) is 5.22. The second-order valence-corrected chi connectivity index (χ2v) is 7.20. The van der Waals surface area contributed by atoms with E-state index in [9.17, 15) is 8.42 Å². The van der Waals surface area contributed by atoms with E-state index < -0.39 is 9.84 Å². The Bertz CT molecular complexity index is 776. The third-order valence-electron chi connectivity index (χ3n) is 2.92. The molecule has 0 aliphatic heterocycles. The number of rotatable bonds is 4. The summed E-state index contributed by atoms with van der Waals surface area (Å²) in [4.78, 5) is 0.0212.